The molecule has 1 aromatic rings. The van der Waals surface area contributed by atoms with E-state index in [0.717, 1.165) is 6.54 Å². The highest BCUT2D eigenvalue weighted by atomic mass is 32.1. The van der Waals surface area contributed by atoms with Gasteiger partial charge in [-0.15, -0.1) is 0 Å². The Morgan fingerprint density at radius 1 is 1.35 bits per heavy atom. The van der Waals surface area contributed by atoms with Crippen molar-refractivity contribution in [1.82, 2.24) is 10.2 Å². The van der Waals surface area contributed by atoms with Crippen LogP contribution in [0.5, 0.6) is 0 Å². The quantitative estimate of drug-likeness (QED) is 0.868. The monoisotopic (exact) mass is 250 g/mol. The number of piperazine rings is 1. The van der Waals surface area contributed by atoms with Gasteiger partial charge in [0.25, 0.3) is 0 Å². The molecule has 1 spiro atoms. The molecule has 1 N–H and O–H groups in total. The van der Waals surface area contributed by atoms with E-state index in [1.54, 1.807) is 0 Å². The Kier molecular flexibility index (Phi) is 3.24. The van der Waals surface area contributed by atoms with Crippen molar-refractivity contribution in [3.05, 3.63) is 21.9 Å². The number of aryl methyl sites for hydroxylation is 1. The van der Waals surface area contributed by atoms with Crippen LogP contribution in [0.15, 0.2) is 10.8 Å². The van der Waals surface area contributed by atoms with E-state index < -0.39 is 0 Å². The summed E-state index contributed by atoms with van der Waals surface area (Å²) >= 11 is 1.84. The largest absolute Gasteiger partial charge is 0.309 e. The van der Waals surface area contributed by atoms with E-state index >= 15 is 0 Å². The lowest BCUT2D eigenvalue weighted by atomic mass is 9.94. The average molecular weight is 250 g/mol. The Morgan fingerprint density at radius 2 is 2.18 bits per heavy atom. The van der Waals surface area contributed by atoms with Gasteiger partial charge in [-0.25, -0.2) is 0 Å². The van der Waals surface area contributed by atoms with E-state index in [1.807, 2.05) is 11.3 Å². The fourth-order valence-corrected chi connectivity index (χ4v) is 4.20. The summed E-state index contributed by atoms with van der Waals surface area (Å²) in [7, 11) is 0. The van der Waals surface area contributed by atoms with Crippen LogP contribution in [0.3, 0.4) is 0 Å². The third-order valence-corrected chi connectivity index (χ3v) is 5.28. The van der Waals surface area contributed by atoms with Crippen LogP contribution < -0.4 is 5.32 Å². The Hall–Kier alpha value is -0.380. The summed E-state index contributed by atoms with van der Waals surface area (Å²) in [5.41, 5.74) is 3.46. The summed E-state index contributed by atoms with van der Waals surface area (Å²) in [6, 6.07) is 0. The van der Waals surface area contributed by atoms with Gasteiger partial charge >= 0.3 is 0 Å². The zero-order valence-electron chi connectivity index (χ0n) is 10.7. The minimum atomic E-state index is 0.460. The second-order valence-electron chi connectivity index (χ2n) is 5.70. The van der Waals surface area contributed by atoms with Gasteiger partial charge in [0.2, 0.25) is 0 Å². The zero-order chi connectivity index (χ0) is 11.7. The smallest absolute Gasteiger partial charge is 0.0309 e. The van der Waals surface area contributed by atoms with Crippen molar-refractivity contribution in [3.63, 3.8) is 0 Å². The van der Waals surface area contributed by atoms with Gasteiger partial charge in [0.15, 0.2) is 0 Å². The first-order valence-corrected chi connectivity index (χ1v) is 7.71. The van der Waals surface area contributed by atoms with Crippen molar-refractivity contribution >= 4 is 11.3 Å². The van der Waals surface area contributed by atoms with Gasteiger partial charge in [-0.1, -0.05) is 12.8 Å². The Balaban J connectivity index is 1.66. The van der Waals surface area contributed by atoms with Crippen molar-refractivity contribution in [3.8, 4) is 0 Å². The molecule has 2 nitrogen and oxygen atoms in total. The predicted molar refractivity (Wildman–Crippen MR) is 73.5 cm³/mol. The summed E-state index contributed by atoms with van der Waals surface area (Å²) in [4.78, 5) is 2.65. The molecule has 1 saturated heterocycles. The fraction of sp³-hybridized carbons (Fsp3) is 0.714. The van der Waals surface area contributed by atoms with Gasteiger partial charge in [0.05, 0.1) is 0 Å². The molecule has 0 amide bonds. The van der Waals surface area contributed by atoms with Crippen molar-refractivity contribution in [1.29, 1.82) is 0 Å². The number of hydrogen-bond acceptors (Lipinski definition) is 3. The molecule has 17 heavy (non-hydrogen) atoms. The molecule has 1 aromatic heterocycles. The van der Waals surface area contributed by atoms with E-state index in [1.165, 1.54) is 56.4 Å². The molecule has 1 aliphatic heterocycles. The number of hydrogen-bond donors (Lipinski definition) is 1. The van der Waals surface area contributed by atoms with E-state index in [-0.39, 0.29) is 0 Å². The molecule has 0 unspecified atom stereocenters. The summed E-state index contributed by atoms with van der Waals surface area (Å²) in [5, 5.41) is 8.36. The second-order valence-corrected chi connectivity index (χ2v) is 6.45. The van der Waals surface area contributed by atoms with Gasteiger partial charge in [0.1, 0.15) is 0 Å². The van der Waals surface area contributed by atoms with Crippen LogP contribution in [0.25, 0.3) is 0 Å². The highest BCUT2D eigenvalue weighted by Crippen LogP contribution is 2.32. The highest BCUT2D eigenvalue weighted by Gasteiger charge is 2.37. The minimum Gasteiger partial charge on any atom is -0.309 e. The van der Waals surface area contributed by atoms with Gasteiger partial charge < -0.3 is 5.32 Å². The normalized spacial score (nSPS) is 24.5. The summed E-state index contributed by atoms with van der Waals surface area (Å²) < 4.78 is 0. The van der Waals surface area contributed by atoms with Crippen LogP contribution in [-0.4, -0.2) is 30.1 Å². The number of thiophene rings is 1. The summed E-state index contributed by atoms with van der Waals surface area (Å²) in [6.07, 6.45) is 5.59. The molecule has 2 heterocycles. The van der Waals surface area contributed by atoms with Crippen molar-refractivity contribution < 1.29 is 0 Å². The van der Waals surface area contributed by atoms with Gasteiger partial charge in [-0.05, 0) is 41.7 Å². The highest BCUT2D eigenvalue weighted by molar-refractivity contribution is 7.08. The molecule has 2 fully saturated rings. The molecule has 94 valence electrons. The summed E-state index contributed by atoms with van der Waals surface area (Å²) in [6.45, 7) is 7.01. The number of rotatable bonds is 2. The lowest BCUT2D eigenvalue weighted by Crippen LogP contribution is -2.58. The molecule has 0 radical (unpaired) electrons. The number of nitrogens with one attached hydrogen (secondary N) is 1. The molecule has 0 bridgehead atoms. The van der Waals surface area contributed by atoms with Crippen LogP contribution in [0.2, 0.25) is 0 Å². The molecule has 3 heteroatoms. The van der Waals surface area contributed by atoms with Gasteiger partial charge in [-0.3, -0.25) is 4.90 Å². The van der Waals surface area contributed by atoms with Gasteiger partial charge in [0, 0.05) is 31.7 Å². The van der Waals surface area contributed by atoms with Gasteiger partial charge in [-0.2, -0.15) is 11.3 Å². The molecular weight excluding hydrogens is 228 g/mol. The molecule has 0 atom stereocenters. The average Bonchev–Trinajstić information content (AvgIpc) is 2.91. The molecule has 1 aliphatic carbocycles. The molecule has 0 aromatic carbocycles. The Bertz CT molecular complexity index is 379. The Labute approximate surface area is 108 Å². The van der Waals surface area contributed by atoms with E-state index in [2.05, 4.69) is 27.9 Å². The molecule has 2 aliphatic rings. The molecular formula is C14H22N2S. The van der Waals surface area contributed by atoms with Crippen molar-refractivity contribution in [2.45, 2.75) is 44.7 Å². The van der Waals surface area contributed by atoms with Crippen molar-refractivity contribution in [2.24, 2.45) is 0 Å². The maximum atomic E-state index is 3.78. The molecule has 1 saturated carbocycles. The van der Waals surface area contributed by atoms with Crippen molar-refractivity contribution in [2.75, 3.05) is 19.6 Å². The standard InChI is InChI=1S/C14H22N2S/c1-12-9-17-10-13(12)8-16-7-6-15-14(11-16)4-2-3-5-14/h9-10,15H,2-8,11H2,1H3. The third-order valence-electron chi connectivity index (χ3n) is 4.37. The first kappa shape index (κ1) is 11.7. The van der Waals surface area contributed by atoms with Crippen LogP contribution >= 0.6 is 11.3 Å². The van der Waals surface area contributed by atoms with E-state index in [0.29, 0.717) is 5.54 Å². The van der Waals surface area contributed by atoms with E-state index in [9.17, 15) is 0 Å². The molecule has 3 rings (SSSR count). The topological polar surface area (TPSA) is 15.3 Å². The maximum Gasteiger partial charge on any atom is 0.0309 e. The van der Waals surface area contributed by atoms with Crippen LogP contribution in [0, 0.1) is 6.92 Å². The van der Waals surface area contributed by atoms with Crippen LogP contribution in [-0.2, 0) is 6.54 Å². The SMILES string of the molecule is Cc1cscc1CN1CCNC2(CCCC2)C1. The summed E-state index contributed by atoms with van der Waals surface area (Å²) in [5.74, 6) is 0. The van der Waals surface area contributed by atoms with Crippen LogP contribution in [0.4, 0.5) is 0 Å². The maximum absolute atomic E-state index is 3.78. The zero-order valence-corrected chi connectivity index (χ0v) is 11.5. The fourth-order valence-electron chi connectivity index (χ4n) is 3.35. The second kappa shape index (κ2) is 4.71. The lowest BCUT2D eigenvalue weighted by molar-refractivity contribution is 0.129. The van der Waals surface area contributed by atoms with Crippen LogP contribution in [0.1, 0.15) is 36.8 Å². The number of nitrogens with zero attached hydrogens (tertiary/aromatic N) is 1. The van der Waals surface area contributed by atoms with E-state index in [4.69, 9.17) is 0 Å². The minimum absolute atomic E-state index is 0.460. The lowest BCUT2D eigenvalue weighted by Gasteiger charge is -2.41. The first-order valence-electron chi connectivity index (χ1n) is 6.77. The first-order chi connectivity index (χ1) is 8.27. The predicted octanol–water partition coefficient (Wildman–Crippen LogP) is 2.77. The Morgan fingerprint density at radius 3 is 2.88 bits per heavy atom. The third kappa shape index (κ3) is 2.42.